The molecule has 0 aliphatic rings. The molecule has 0 saturated heterocycles. The van der Waals surface area contributed by atoms with E-state index in [4.69, 9.17) is 16.2 Å². The Balaban J connectivity index is 2.23. The van der Waals surface area contributed by atoms with Gasteiger partial charge in [-0.2, -0.15) is 0 Å². The van der Waals surface area contributed by atoms with Gasteiger partial charge in [0.2, 0.25) is 0 Å². The number of nitrogens with two attached hydrogens (primary N) is 2. The summed E-state index contributed by atoms with van der Waals surface area (Å²) in [7, 11) is 0. The average Bonchev–Trinajstić information content (AvgIpc) is 2.76. The molecule has 2 aromatic rings. The van der Waals surface area contributed by atoms with Crippen molar-refractivity contribution in [3.8, 4) is 0 Å². The number of hydrogen-bond donors (Lipinski definition) is 2. The average molecular weight is 275 g/mol. The molecule has 0 aliphatic carbocycles. The molecule has 1 aromatic heterocycles. The van der Waals surface area contributed by atoms with Crippen molar-refractivity contribution in [3.63, 3.8) is 0 Å². The monoisotopic (exact) mass is 275 g/mol. The van der Waals surface area contributed by atoms with E-state index in [1.54, 1.807) is 0 Å². The first-order valence-electron chi connectivity index (χ1n) is 6.75. The Bertz CT molecular complexity index is 604. The van der Waals surface area contributed by atoms with E-state index in [9.17, 15) is 4.79 Å². The number of aromatic nitrogens is 1. The molecule has 0 fully saturated rings. The van der Waals surface area contributed by atoms with Crippen LogP contribution in [0.5, 0.6) is 0 Å². The van der Waals surface area contributed by atoms with Gasteiger partial charge >= 0.3 is 5.97 Å². The van der Waals surface area contributed by atoms with E-state index < -0.39 is 6.04 Å². The third-order valence-corrected chi connectivity index (χ3v) is 3.16. The first-order valence-corrected chi connectivity index (χ1v) is 6.75. The number of esters is 1. The van der Waals surface area contributed by atoms with Crippen molar-refractivity contribution >= 4 is 16.9 Å². The van der Waals surface area contributed by atoms with Crippen LogP contribution in [0.1, 0.15) is 19.4 Å². The SMILES string of the molecule is CC(C)OC(=O)C(N)Cc1cn(CN)c2ccccc12. The van der Waals surface area contributed by atoms with Gasteiger partial charge in [0.1, 0.15) is 6.04 Å². The van der Waals surface area contributed by atoms with Crippen LogP contribution < -0.4 is 11.5 Å². The normalized spacial score (nSPS) is 12.8. The van der Waals surface area contributed by atoms with Gasteiger partial charge in [0.15, 0.2) is 0 Å². The van der Waals surface area contributed by atoms with Crippen molar-refractivity contribution < 1.29 is 9.53 Å². The van der Waals surface area contributed by atoms with Gasteiger partial charge in [-0.25, -0.2) is 0 Å². The highest BCUT2D eigenvalue weighted by Gasteiger charge is 2.19. The summed E-state index contributed by atoms with van der Waals surface area (Å²) in [6, 6.07) is 7.28. The van der Waals surface area contributed by atoms with Crippen LogP contribution in [0.3, 0.4) is 0 Å². The van der Waals surface area contributed by atoms with Crippen LogP contribution in [0.2, 0.25) is 0 Å². The third kappa shape index (κ3) is 3.00. The Morgan fingerprint density at radius 1 is 1.35 bits per heavy atom. The van der Waals surface area contributed by atoms with E-state index in [0.717, 1.165) is 16.5 Å². The standard InChI is InChI=1S/C15H21N3O2/c1-10(2)20-15(19)13(17)7-11-8-18(9-16)14-6-4-3-5-12(11)14/h3-6,8,10,13H,7,9,16-17H2,1-2H3. The van der Waals surface area contributed by atoms with Crippen molar-refractivity contribution in [2.24, 2.45) is 11.5 Å². The van der Waals surface area contributed by atoms with E-state index in [1.807, 2.05) is 48.9 Å². The fraction of sp³-hybridized carbons (Fsp3) is 0.400. The van der Waals surface area contributed by atoms with Gasteiger partial charge in [-0.05, 0) is 25.5 Å². The van der Waals surface area contributed by atoms with E-state index >= 15 is 0 Å². The number of para-hydroxylation sites is 1. The van der Waals surface area contributed by atoms with Crippen LogP contribution in [0, 0.1) is 0 Å². The maximum absolute atomic E-state index is 11.8. The molecule has 0 spiro atoms. The molecule has 0 bridgehead atoms. The number of rotatable bonds is 5. The summed E-state index contributed by atoms with van der Waals surface area (Å²) in [6.07, 6.45) is 2.24. The Hall–Kier alpha value is -1.85. The maximum Gasteiger partial charge on any atom is 0.323 e. The molecule has 0 aliphatic heterocycles. The molecule has 0 saturated carbocycles. The van der Waals surface area contributed by atoms with Gasteiger partial charge in [-0.3, -0.25) is 4.79 Å². The van der Waals surface area contributed by atoms with Crippen LogP contribution in [0.25, 0.3) is 10.9 Å². The summed E-state index contributed by atoms with van der Waals surface area (Å²) in [5.74, 6) is -0.371. The second-order valence-corrected chi connectivity index (χ2v) is 5.12. The van der Waals surface area contributed by atoms with Crippen LogP contribution in [0.15, 0.2) is 30.5 Å². The second kappa shape index (κ2) is 6.07. The summed E-state index contributed by atoms with van der Waals surface area (Å²) in [5.41, 5.74) is 13.7. The van der Waals surface area contributed by atoms with Crippen molar-refractivity contribution in [1.82, 2.24) is 4.57 Å². The lowest BCUT2D eigenvalue weighted by atomic mass is 10.1. The van der Waals surface area contributed by atoms with Crippen molar-refractivity contribution in [3.05, 3.63) is 36.0 Å². The zero-order chi connectivity index (χ0) is 14.7. The molecule has 5 nitrogen and oxygen atoms in total. The predicted molar refractivity (Wildman–Crippen MR) is 79.0 cm³/mol. The van der Waals surface area contributed by atoms with Crippen LogP contribution >= 0.6 is 0 Å². The van der Waals surface area contributed by atoms with Crippen LogP contribution in [-0.4, -0.2) is 22.7 Å². The Morgan fingerprint density at radius 3 is 2.70 bits per heavy atom. The number of hydrogen-bond acceptors (Lipinski definition) is 4. The predicted octanol–water partition coefficient (Wildman–Crippen LogP) is 1.38. The molecule has 2 rings (SSSR count). The van der Waals surface area contributed by atoms with Crippen molar-refractivity contribution in [2.75, 3.05) is 0 Å². The Labute approximate surface area is 118 Å². The third-order valence-electron chi connectivity index (χ3n) is 3.16. The van der Waals surface area contributed by atoms with E-state index in [2.05, 4.69) is 0 Å². The molecule has 1 unspecified atom stereocenters. The van der Waals surface area contributed by atoms with Crippen molar-refractivity contribution in [1.29, 1.82) is 0 Å². The van der Waals surface area contributed by atoms with Crippen LogP contribution in [-0.2, 0) is 22.6 Å². The zero-order valence-electron chi connectivity index (χ0n) is 11.9. The van der Waals surface area contributed by atoms with Gasteiger partial charge in [-0.15, -0.1) is 0 Å². The molecule has 1 aromatic carbocycles. The molecular formula is C15H21N3O2. The highest BCUT2D eigenvalue weighted by Crippen LogP contribution is 2.22. The molecule has 20 heavy (non-hydrogen) atoms. The quantitative estimate of drug-likeness (QED) is 0.807. The fourth-order valence-corrected chi connectivity index (χ4v) is 2.28. The summed E-state index contributed by atoms with van der Waals surface area (Å²) in [4.78, 5) is 11.8. The molecule has 5 heteroatoms. The fourth-order valence-electron chi connectivity index (χ4n) is 2.28. The number of carbonyl (C=O) groups is 1. The van der Waals surface area contributed by atoms with Gasteiger partial charge in [0.05, 0.1) is 12.8 Å². The molecule has 0 amide bonds. The number of fused-ring (bicyclic) bond motifs is 1. The van der Waals surface area contributed by atoms with Gasteiger partial charge in [-0.1, -0.05) is 18.2 Å². The van der Waals surface area contributed by atoms with Crippen LogP contribution in [0.4, 0.5) is 0 Å². The number of ether oxygens (including phenoxy) is 1. The smallest absolute Gasteiger partial charge is 0.323 e. The first-order chi connectivity index (χ1) is 9.52. The molecule has 1 heterocycles. The van der Waals surface area contributed by atoms with Crippen molar-refractivity contribution in [2.45, 2.75) is 39.1 Å². The van der Waals surface area contributed by atoms with E-state index in [1.165, 1.54) is 0 Å². The summed E-state index contributed by atoms with van der Waals surface area (Å²) in [5, 5.41) is 1.07. The summed E-state index contributed by atoms with van der Waals surface area (Å²) in [6.45, 7) is 4.02. The molecule has 4 N–H and O–H groups in total. The molecular weight excluding hydrogens is 254 g/mol. The minimum Gasteiger partial charge on any atom is -0.462 e. The molecule has 0 radical (unpaired) electrons. The lowest BCUT2D eigenvalue weighted by molar-refractivity contribution is -0.148. The largest absolute Gasteiger partial charge is 0.462 e. The second-order valence-electron chi connectivity index (χ2n) is 5.12. The van der Waals surface area contributed by atoms with E-state index in [0.29, 0.717) is 13.1 Å². The number of benzene rings is 1. The maximum atomic E-state index is 11.8. The lowest BCUT2D eigenvalue weighted by Crippen LogP contribution is -2.35. The number of carbonyl (C=O) groups excluding carboxylic acids is 1. The topological polar surface area (TPSA) is 83.3 Å². The Kier molecular flexibility index (Phi) is 4.42. The highest BCUT2D eigenvalue weighted by atomic mass is 16.5. The zero-order valence-corrected chi connectivity index (χ0v) is 11.9. The van der Waals surface area contributed by atoms with Gasteiger partial charge in [0, 0.05) is 23.5 Å². The summed E-state index contributed by atoms with van der Waals surface area (Å²) >= 11 is 0. The minimum absolute atomic E-state index is 0.154. The lowest BCUT2D eigenvalue weighted by Gasteiger charge is -2.13. The van der Waals surface area contributed by atoms with E-state index in [-0.39, 0.29) is 12.1 Å². The van der Waals surface area contributed by atoms with Gasteiger partial charge < -0.3 is 20.8 Å². The molecule has 1 atom stereocenters. The summed E-state index contributed by atoms with van der Waals surface area (Å²) < 4.78 is 7.08. The van der Waals surface area contributed by atoms with Gasteiger partial charge in [0.25, 0.3) is 0 Å². The molecule has 108 valence electrons. The first kappa shape index (κ1) is 14.6. The Morgan fingerprint density at radius 2 is 2.05 bits per heavy atom. The number of nitrogens with zero attached hydrogens (tertiary/aromatic N) is 1. The highest BCUT2D eigenvalue weighted by molar-refractivity contribution is 5.85. The minimum atomic E-state index is -0.658.